The van der Waals surface area contributed by atoms with Crippen molar-refractivity contribution in [3.63, 3.8) is 0 Å². The first-order valence-corrected chi connectivity index (χ1v) is 5.28. The summed E-state index contributed by atoms with van der Waals surface area (Å²) >= 11 is 0. The third-order valence-corrected chi connectivity index (χ3v) is 2.33. The Hall–Kier alpha value is -2.23. The summed E-state index contributed by atoms with van der Waals surface area (Å²) in [4.78, 5) is 26.2. The summed E-state index contributed by atoms with van der Waals surface area (Å²) in [5.41, 5.74) is 0.690. The Morgan fingerprint density at radius 2 is 2.06 bits per heavy atom. The smallest absolute Gasteiger partial charge is 0.231 e. The van der Waals surface area contributed by atoms with Crippen LogP contribution in [0.15, 0.2) is 36.7 Å². The summed E-state index contributed by atoms with van der Waals surface area (Å²) in [5.74, 6) is -0.432. The summed E-state index contributed by atoms with van der Waals surface area (Å²) in [6.07, 6.45) is 3.37. The summed E-state index contributed by atoms with van der Waals surface area (Å²) in [7, 11) is 0. The number of benzene rings is 1. The number of fused-ring (bicyclic) bond motifs is 1. The van der Waals surface area contributed by atoms with Gasteiger partial charge in [0.15, 0.2) is 0 Å². The van der Waals surface area contributed by atoms with Gasteiger partial charge in [0.2, 0.25) is 5.91 Å². The molecule has 1 aromatic heterocycles. The predicted molar refractivity (Wildman–Crippen MR) is 65.7 cm³/mol. The van der Waals surface area contributed by atoms with Crippen LogP contribution in [0.2, 0.25) is 0 Å². The van der Waals surface area contributed by atoms with Crippen LogP contribution in [-0.4, -0.2) is 16.7 Å². The molecule has 4 heteroatoms. The minimum absolute atomic E-state index is 0.0889. The van der Waals surface area contributed by atoms with E-state index in [1.54, 1.807) is 18.5 Å². The molecule has 0 unspecified atom stereocenters. The Labute approximate surface area is 98.7 Å². The number of nitrogens with zero attached hydrogens (tertiary/aromatic N) is 1. The van der Waals surface area contributed by atoms with Gasteiger partial charge in [0.1, 0.15) is 5.78 Å². The number of carbonyl (C=O) groups is 2. The van der Waals surface area contributed by atoms with Gasteiger partial charge in [-0.05, 0) is 30.5 Å². The van der Waals surface area contributed by atoms with E-state index in [0.29, 0.717) is 5.69 Å². The van der Waals surface area contributed by atoms with Crippen molar-refractivity contribution >= 4 is 28.2 Å². The number of rotatable bonds is 3. The van der Waals surface area contributed by atoms with Crippen molar-refractivity contribution in [3.8, 4) is 0 Å². The second kappa shape index (κ2) is 4.74. The fourth-order valence-corrected chi connectivity index (χ4v) is 1.59. The number of aromatic nitrogens is 1. The maximum Gasteiger partial charge on any atom is 0.231 e. The van der Waals surface area contributed by atoms with E-state index in [1.165, 1.54) is 6.92 Å². The maximum absolute atomic E-state index is 11.4. The molecule has 0 bridgehead atoms. The fraction of sp³-hybridized carbons (Fsp3) is 0.154. The predicted octanol–water partition coefficient (Wildman–Crippen LogP) is 2.15. The van der Waals surface area contributed by atoms with Gasteiger partial charge in [-0.25, -0.2) is 0 Å². The molecule has 2 aromatic rings. The molecule has 0 atom stereocenters. The summed E-state index contributed by atoms with van der Waals surface area (Å²) in [6.45, 7) is 1.39. The van der Waals surface area contributed by atoms with Crippen LogP contribution in [0.3, 0.4) is 0 Å². The van der Waals surface area contributed by atoms with E-state index in [4.69, 9.17) is 0 Å². The van der Waals surface area contributed by atoms with Gasteiger partial charge >= 0.3 is 0 Å². The second-order valence-electron chi connectivity index (χ2n) is 3.86. The molecule has 0 aliphatic carbocycles. The first-order chi connectivity index (χ1) is 8.15. The average Bonchev–Trinajstić information content (AvgIpc) is 2.27. The van der Waals surface area contributed by atoms with Crippen molar-refractivity contribution in [2.75, 3.05) is 5.32 Å². The molecule has 1 heterocycles. The first-order valence-electron chi connectivity index (χ1n) is 5.28. The number of hydrogen-bond acceptors (Lipinski definition) is 3. The number of anilines is 1. The summed E-state index contributed by atoms with van der Waals surface area (Å²) in [6, 6.07) is 7.40. The average molecular weight is 228 g/mol. The Morgan fingerprint density at radius 3 is 2.82 bits per heavy atom. The minimum atomic E-state index is -0.286. The van der Waals surface area contributed by atoms with Crippen LogP contribution in [0.1, 0.15) is 13.3 Å². The van der Waals surface area contributed by atoms with Gasteiger partial charge in [0, 0.05) is 23.5 Å². The van der Waals surface area contributed by atoms with Crippen LogP contribution in [0.5, 0.6) is 0 Å². The van der Waals surface area contributed by atoms with E-state index in [9.17, 15) is 9.59 Å². The van der Waals surface area contributed by atoms with Gasteiger partial charge in [-0.1, -0.05) is 6.07 Å². The van der Waals surface area contributed by atoms with Crippen LogP contribution in [0, 0.1) is 0 Å². The molecule has 2 rings (SSSR count). The molecule has 1 N–H and O–H groups in total. The molecule has 0 radical (unpaired) electrons. The molecule has 1 aromatic carbocycles. The van der Waals surface area contributed by atoms with Gasteiger partial charge in [-0.2, -0.15) is 0 Å². The minimum Gasteiger partial charge on any atom is -0.326 e. The molecule has 0 aliphatic rings. The van der Waals surface area contributed by atoms with E-state index in [0.717, 1.165) is 10.8 Å². The molecule has 0 saturated heterocycles. The normalized spacial score (nSPS) is 10.2. The lowest BCUT2D eigenvalue weighted by Gasteiger charge is -2.05. The molecule has 1 amide bonds. The first kappa shape index (κ1) is 11.3. The topological polar surface area (TPSA) is 59.1 Å². The largest absolute Gasteiger partial charge is 0.326 e. The zero-order valence-electron chi connectivity index (χ0n) is 9.43. The molecule has 0 aliphatic heterocycles. The van der Waals surface area contributed by atoms with E-state index in [-0.39, 0.29) is 18.1 Å². The highest BCUT2D eigenvalue weighted by atomic mass is 16.2. The molecular formula is C13H12N2O2. The van der Waals surface area contributed by atoms with Crippen molar-refractivity contribution in [3.05, 3.63) is 36.7 Å². The molecule has 17 heavy (non-hydrogen) atoms. The van der Waals surface area contributed by atoms with Crippen LogP contribution < -0.4 is 5.32 Å². The number of ketones is 1. The number of nitrogens with one attached hydrogen (secondary N) is 1. The molecule has 0 fully saturated rings. The Bertz CT molecular complexity index is 578. The zero-order chi connectivity index (χ0) is 12.3. The van der Waals surface area contributed by atoms with Crippen LogP contribution in [-0.2, 0) is 9.59 Å². The highest BCUT2D eigenvalue weighted by Crippen LogP contribution is 2.17. The van der Waals surface area contributed by atoms with E-state index < -0.39 is 0 Å². The fourth-order valence-electron chi connectivity index (χ4n) is 1.59. The van der Waals surface area contributed by atoms with Crippen LogP contribution in [0.25, 0.3) is 10.8 Å². The number of carbonyl (C=O) groups excluding carboxylic acids is 2. The van der Waals surface area contributed by atoms with E-state index in [2.05, 4.69) is 10.3 Å². The Kier molecular flexibility index (Phi) is 3.14. The highest BCUT2D eigenvalue weighted by molar-refractivity contribution is 6.04. The molecular weight excluding hydrogens is 216 g/mol. The number of pyridine rings is 1. The lowest BCUT2D eigenvalue weighted by atomic mass is 10.1. The lowest BCUT2D eigenvalue weighted by Crippen LogP contribution is -2.14. The standard InChI is InChI=1S/C13H12N2O2/c1-9(16)6-13(17)15-12-3-2-11-8-14-5-4-10(11)7-12/h2-5,7-8H,6H2,1H3,(H,15,17). The number of Topliss-reactive ketones (excluding diaryl/α,β-unsaturated/α-hetero) is 1. The van der Waals surface area contributed by atoms with Crippen molar-refractivity contribution < 1.29 is 9.59 Å². The zero-order valence-corrected chi connectivity index (χ0v) is 9.43. The van der Waals surface area contributed by atoms with Gasteiger partial charge in [0.25, 0.3) is 0 Å². The van der Waals surface area contributed by atoms with Gasteiger partial charge < -0.3 is 5.32 Å². The Balaban J connectivity index is 2.19. The van der Waals surface area contributed by atoms with Gasteiger partial charge in [-0.15, -0.1) is 0 Å². The van der Waals surface area contributed by atoms with Crippen LogP contribution >= 0.6 is 0 Å². The van der Waals surface area contributed by atoms with Crippen molar-refractivity contribution in [2.24, 2.45) is 0 Å². The SMILES string of the molecule is CC(=O)CC(=O)Nc1ccc2cnccc2c1. The third kappa shape index (κ3) is 2.87. The molecule has 0 spiro atoms. The quantitative estimate of drug-likeness (QED) is 0.819. The summed E-state index contributed by atoms with van der Waals surface area (Å²) in [5, 5.41) is 4.70. The third-order valence-electron chi connectivity index (χ3n) is 2.33. The number of hydrogen-bond donors (Lipinski definition) is 1. The van der Waals surface area contributed by atoms with Gasteiger partial charge in [-0.3, -0.25) is 14.6 Å². The maximum atomic E-state index is 11.4. The second-order valence-corrected chi connectivity index (χ2v) is 3.86. The van der Waals surface area contributed by atoms with E-state index in [1.807, 2.05) is 18.2 Å². The monoisotopic (exact) mass is 228 g/mol. The Morgan fingerprint density at radius 1 is 1.24 bits per heavy atom. The molecule has 0 saturated carbocycles. The lowest BCUT2D eigenvalue weighted by molar-refractivity contribution is -0.124. The van der Waals surface area contributed by atoms with Crippen molar-refractivity contribution in [2.45, 2.75) is 13.3 Å². The number of amides is 1. The van der Waals surface area contributed by atoms with Crippen molar-refractivity contribution in [1.29, 1.82) is 0 Å². The van der Waals surface area contributed by atoms with E-state index >= 15 is 0 Å². The van der Waals surface area contributed by atoms with Crippen molar-refractivity contribution in [1.82, 2.24) is 4.98 Å². The summed E-state index contributed by atoms with van der Waals surface area (Å²) < 4.78 is 0. The highest BCUT2D eigenvalue weighted by Gasteiger charge is 2.05. The molecule has 86 valence electrons. The van der Waals surface area contributed by atoms with Crippen LogP contribution in [0.4, 0.5) is 5.69 Å². The van der Waals surface area contributed by atoms with Gasteiger partial charge in [0.05, 0.1) is 6.42 Å². The molecule has 4 nitrogen and oxygen atoms in total.